The number of halogens is 1. The van der Waals surface area contributed by atoms with Gasteiger partial charge in [-0.1, -0.05) is 78.0 Å². The molecule has 1 atom stereocenters. The number of rotatable bonds is 3. The van der Waals surface area contributed by atoms with E-state index in [1.54, 1.807) is 0 Å². The molecule has 0 radical (unpaired) electrons. The highest BCUT2D eigenvalue weighted by molar-refractivity contribution is 6.31. The Morgan fingerprint density at radius 1 is 0.739 bits per heavy atom. The number of para-hydroxylation sites is 1. The van der Waals surface area contributed by atoms with Gasteiger partial charge in [-0.3, -0.25) is 0 Å². The second-order valence-corrected chi connectivity index (χ2v) is 5.51. The van der Waals surface area contributed by atoms with Crippen LogP contribution < -0.4 is 5.32 Å². The van der Waals surface area contributed by atoms with Crippen molar-refractivity contribution < 1.29 is 0 Å². The Kier molecular flexibility index (Phi) is 4.99. The van der Waals surface area contributed by atoms with Crippen LogP contribution in [0.4, 0.5) is 5.69 Å². The van der Waals surface area contributed by atoms with Crippen molar-refractivity contribution in [2.75, 3.05) is 5.32 Å². The fraction of sp³-hybridized carbons (Fsp3) is 0.0476. The minimum atomic E-state index is -0.175. The standard InChI is InChI=1S/C21H16ClN/c22-20-14-8-7-13-19(20)21(23-18-11-5-2-6-12-18)16-15-17-9-3-1-4-10-17/h1-14,21,23H. The van der Waals surface area contributed by atoms with Crippen molar-refractivity contribution in [2.45, 2.75) is 6.04 Å². The average Bonchev–Trinajstić information content (AvgIpc) is 2.61. The molecule has 0 spiro atoms. The molecule has 0 bridgehead atoms. The van der Waals surface area contributed by atoms with E-state index in [0.717, 1.165) is 16.8 Å². The third kappa shape index (κ3) is 4.16. The highest BCUT2D eigenvalue weighted by atomic mass is 35.5. The maximum atomic E-state index is 6.36. The van der Waals surface area contributed by atoms with Crippen LogP contribution in [0.2, 0.25) is 5.02 Å². The van der Waals surface area contributed by atoms with E-state index in [9.17, 15) is 0 Å². The van der Waals surface area contributed by atoms with Gasteiger partial charge in [0.2, 0.25) is 0 Å². The first-order valence-electron chi connectivity index (χ1n) is 7.45. The van der Waals surface area contributed by atoms with Crippen LogP contribution in [0.5, 0.6) is 0 Å². The summed E-state index contributed by atoms with van der Waals surface area (Å²) in [4.78, 5) is 0. The van der Waals surface area contributed by atoms with Gasteiger partial charge in [0, 0.05) is 21.8 Å². The first-order valence-corrected chi connectivity index (χ1v) is 7.83. The third-order valence-electron chi connectivity index (χ3n) is 3.44. The minimum absolute atomic E-state index is 0.175. The van der Waals surface area contributed by atoms with Crippen molar-refractivity contribution in [3.8, 4) is 11.8 Å². The van der Waals surface area contributed by atoms with E-state index in [2.05, 4.69) is 17.2 Å². The topological polar surface area (TPSA) is 12.0 Å². The van der Waals surface area contributed by atoms with Crippen LogP contribution >= 0.6 is 11.6 Å². The predicted octanol–water partition coefficient (Wildman–Crippen LogP) is 5.54. The van der Waals surface area contributed by atoms with E-state index in [4.69, 9.17) is 11.6 Å². The van der Waals surface area contributed by atoms with E-state index < -0.39 is 0 Å². The van der Waals surface area contributed by atoms with Gasteiger partial charge < -0.3 is 5.32 Å². The van der Waals surface area contributed by atoms with Gasteiger partial charge in [0.05, 0.1) is 0 Å². The SMILES string of the molecule is Clc1ccccc1C(C#Cc1ccccc1)Nc1ccccc1. The first kappa shape index (κ1) is 15.2. The Morgan fingerprint density at radius 2 is 1.35 bits per heavy atom. The van der Waals surface area contributed by atoms with Gasteiger partial charge in [0.1, 0.15) is 6.04 Å². The fourth-order valence-electron chi connectivity index (χ4n) is 2.28. The molecule has 0 aliphatic carbocycles. The molecule has 1 N–H and O–H groups in total. The minimum Gasteiger partial charge on any atom is -0.368 e. The van der Waals surface area contributed by atoms with Crippen LogP contribution in [0, 0.1) is 11.8 Å². The molecule has 0 saturated heterocycles. The van der Waals surface area contributed by atoms with Crippen molar-refractivity contribution in [1.82, 2.24) is 0 Å². The molecule has 0 saturated carbocycles. The highest BCUT2D eigenvalue weighted by Crippen LogP contribution is 2.25. The summed E-state index contributed by atoms with van der Waals surface area (Å²) in [5.41, 5.74) is 2.97. The van der Waals surface area contributed by atoms with Crippen LogP contribution in [-0.2, 0) is 0 Å². The molecule has 0 aliphatic heterocycles. The summed E-state index contributed by atoms with van der Waals surface area (Å²) >= 11 is 6.36. The number of benzene rings is 3. The molecule has 0 amide bonds. The Bertz CT molecular complexity index is 816. The van der Waals surface area contributed by atoms with Gasteiger partial charge in [-0.25, -0.2) is 0 Å². The fourth-order valence-corrected chi connectivity index (χ4v) is 2.52. The molecule has 0 aliphatic rings. The summed E-state index contributed by atoms with van der Waals surface area (Å²) in [6, 6.07) is 27.6. The lowest BCUT2D eigenvalue weighted by atomic mass is 10.1. The Labute approximate surface area is 141 Å². The zero-order chi connectivity index (χ0) is 15.9. The maximum Gasteiger partial charge on any atom is 0.115 e. The van der Waals surface area contributed by atoms with Gasteiger partial charge in [0.15, 0.2) is 0 Å². The monoisotopic (exact) mass is 317 g/mol. The molecule has 3 aromatic rings. The lowest BCUT2D eigenvalue weighted by Crippen LogP contribution is -2.09. The largest absolute Gasteiger partial charge is 0.368 e. The smallest absolute Gasteiger partial charge is 0.115 e. The summed E-state index contributed by atoms with van der Waals surface area (Å²) in [6.07, 6.45) is 0. The van der Waals surface area contributed by atoms with Gasteiger partial charge in [-0.05, 0) is 30.3 Å². The van der Waals surface area contributed by atoms with Gasteiger partial charge in [-0.2, -0.15) is 0 Å². The molecular weight excluding hydrogens is 302 g/mol. The molecule has 2 heteroatoms. The lowest BCUT2D eigenvalue weighted by molar-refractivity contribution is 1.02. The zero-order valence-corrected chi connectivity index (χ0v) is 13.3. The molecule has 1 unspecified atom stereocenters. The Balaban J connectivity index is 1.94. The summed E-state index contributed by atoms with van der Waals surface area (Å²) in [6.45, 7) is 0. The normalized spacial score (nSPS) is 11.2. The van der Waals surface area contributed by atoms with E-state index >= 15 is 0 Å². The summed E-state index contributed by atoms with van der Waals surface area (Å²) in [7, 11) is 0. The first-order chi connectivity index (χ1) is 11.3. The highest BCUT2D eigenvalue weighted by Gasteiger charge is 2.11. The Morgan fingerprint density at radius 3 is 2.04 bits per heavy atom. The number of anilines is 1. The van der Waals surface area contributed by atoms with Crippen LogP contribution in [0.15, 0.2) is 84.9 Å². The number of nitrogens with one attached hydrogen (secondary N) is 1. The van der Waals surface area contributed by atoms with Crippen LogP contribution in [0.25, 0.3) is 0 Å². The molecule has 0 heterocycles. The Hall–Kier alpha value is -2.69. The lowest BCUT2D eigenvalue weighted by Gasteiger charge is -2.16. The molecule has 1 nitrogen and oxygen atoms in total. The van der Waals surface area contributed by atoms with Crippen molar-refractivity contribution >= 4 is 17.3 Å². The molecule has 112 valence electrons. The van der Waals surface area contributed by atoms with Gasteiger partial charge >= 0.3 is 0 Å². The number of hydrogen-bond donors (Lipinski definition) is 1. The molecule has 3 rings (SSSR count). The summed E-state index contributed by atoms with van der Waals surface area (Å²) < 4.78 is 0. The van der Waals surface area contributed by atoms with Gasteiger partial charge in [-0.15, -0.1) is 0 Å². The van der Waals surface area contributed by atoms with Gasteiger partial charge in [0.25, 0.3) is 0 Å². The average molecular weight is 318 g/mol. The number of hydrogen-bond acceptors (Lipinski definition) is 1. The van der Waals surface area contributed by atoms with E-state index in [0.29, 0.717) is 5.02 Å². The van der Waals surface area contributed by atoms with E-state index in [1.807, 2.05) is 84.9 Å². The quantitative estimate of drug-likeness (QED) is 0.625. The molecular formula is C21H16ClN. The zero-order valence-electron chi connectivity index (χ0n) is 12.5. The van der Waals surface area contributed by atoms with Crippen molar-refractivity contribution in [3.63, 3.8) is 0 Å². The molecule has 3 aromatic carbocycles. The predicted molar refractivity (Wildman–Crippen MR) is 97.6 cm³/mol. The van der Waals surface area contributed by atoms with Crippen LogP contribution in [0.1, 0.15) is 17.2 Å². The molecule has 0 fully saturated rings. The third-order valence-corrected chi connectivity index (χ3v) is 3.78. The maximum absolute atomic E-state index is 6.36. The van der Waals surface area contributed by atoms with Crippen molar-refractivity contribution in [1.29, 1.82) is 0 Å². The van der Waals surface area contributed by atoms with Crippen molar-refractivity contribution in [2.24, 2.45) is 0 Å². The van der Waals surface area contributed by atoms with Crippen LogP contribution in [-0.4, -0.2) is 0 Å². The summed E-state index contributed by atoms with van der Waals surface area (Å²) in [5, 5.41) is 4.16. The van der Waals surface area contributed by atoms with E-state index in [1.165, 1.54) is 0 Å². The summed E-state index contributed by atoms with van der Waals surface area (Å²) in [5.74, 6) is 6.52. The van der Waals surface area contributed by atoms with E-state index in [-0.39, 0.29) is 6.04 Å². The van der Waals surface area contributed by atoms with Crippen molar-refractivity contribution in [3.05, 3.63) is 101 Å². The molecule has 0 aromatic heterocycles. The second kappa shape index (κ2) is 7.54. The van der Waals surface area contributed by atoms with Crippen LogP contribution in [0.3, 0.4) is 0 Å². The second-order valence-electron chi connectivity index (χ2n) is 5.10. The molecule has 23 heavy (non-hydrogen) atoms.